The van der Waals surface area contributed by atoms with Crippen molar-refractivity contribution in [3.63, 3.8) is 0 Å². The van der Waals surface area contributed by atoms with Crippen LogP contribution >= 0.6 is 11.8 Å². The SMILES string of the molecule is CSCCC(NC(=O)C(NC(=O)C(N)CC(C)C)C(C)C)C(=O)NC(CC(C)C)C(=O)O. The molecule has 0 bridgehead atoms. The summed E-state index contributed by atoms with van der Waals surface area (Å²) in [5.41, 5.74) is 5.94. The van der Waals surface area contributed by atoms with Crippen LogP contribution in [0.3, 0.4) is 0 Å². The van der Waals surface area contributed by atoms with Crippen LogP contribution in [0, 0.1) is 17.8 Å². The topological polar surface area (TPSA) is 151 Å². The van der Waals surface area contributed by atoms with Gasteiger partial charge in [-0.2, -0.15) is 11.8 Å². The predicted molar refractivity (Wildman–Crippen MR) is 128 cm³/mol. The van der Waals surface area contributed by atoms with Crippen molar-refractivity contribution in [2.75, 3.05) is 12.0 Å². The lowest BCUT2D eigenvalue weighted by Gasteiger charge is -2.27. The van der Waals surface area contributed by atoms with E-state index in [1.165, 1.54) is 11.8 Å². The molecule has 0 aromatic heterocycles. The first-order chi connectivity index (χ1) is 14.8. The van der Waals surface area contributed by atoms with E-state index in [1.807, 2.05) is 34.0 Å². The van der Waals surface area contributed by atoms with E-state index < -0.39 is 47.9 Å². The van der Waals surface area contributed by atoms with E-state index in [9.17, 15) is 24.3 Å². The number of carbonyl (C=O) groups excluding carboxylic acids is 3. The van der Waals surface area contributed by atoms with Crippen molar-refractivity contribution in [1.82, 2.24) is 16.0 Å². The summed E-state index contributed by atoms with van der Waals surface area (Å²) in [6, 6.07) is -3.54. The van der Waals surface area contributed by atoms with Gasteiger partial charge in [-0.05, 0) is 49.0 Å². The average Bonchev–Trinajstić information content (AvgIpc) is 2.66. The Morgan fingerprint density at radius 3 is 1.78 bits per heavy atom. The zero-order valence-corrected chi connectivity index (χ0v) is 21.3. The molecule has 0 heterocycles. The predicted octanol–water partition coefficient (Wildman–Crippen LogP) is 1.35. The number of aliphatic carboxylic acids is 1. The van der Waals surface area contributed by atoms with Crippen LogP contribution < -0.4 is 21.7 Å². The maximum atomic E-state index is 13.0. The fraction of sp³-hybridized carbons (Fsp3) is 0.818. The molecule has 0 spiro atoms. The van der Waals surface area contributed by atoms with Gasteiger partial charge in [-0.1, -0.05) is 41.5 Å². The highest BCUT2D eigenvalue weighted by Gasteiger charge is 2.31. The largest absolute Gasteiger partial charge is 0.480 e. The minimum atomic E-state index is -1.12. The Kier molecular flexibility index (Phi) is 14.2. The quantitative estimate of drug-likeness (QED) is 0.240. The third kappa shape index (κ3) is 11.7. The number of thioether (sulfide) groups is 1. The molecule has 3 amide bonds. The Morgan fingerprint density at radius 1 is 0.812 bits per heavy atom. The van der Waals surface area contributed by atoms with Crippen molar-refractivity contribution >= 4 is 35.5 Å². The highest BCUT2D eigenvalue weighted by atomic mass is 32.2. The van der Waals surface area contributed by atoms with Gasteiger partial charge in [0.05, 0.1) is 6.04 Å². The molecular formula is C22H42N4O5S. The molecule has 0 saturated carbocycles. The van der Waals surface area contributed by atoms with Gasteiger partial charge in [0, 0.05) is 0 Å². The van der Waals surface area contributed by atoms with E-state index in [2.05, 4.69) is 16.0 Å². The molecule has 0 aliphatic heterocycles. The fourth-order valence-corrected chi connectivity index (χ4v) is 3.61. The number of carboxylic acid groups (broad SMARTS) is 1. The normalized spacial score (nSPS) is 15.2. The third-order valence-electron chi connectivity index (χ3n) is 4.87. The van der Waals surface area contributed by atoms with Crippen molar-refractivity contribution in [2.24, 2.45) is 23.5 Å². The molecule has 32 heavy (non-hydrogen) atoms. The van der Waals surface area contributed by atoms with Crippen molar-refractivity contribution < 1.29 is 24.3 Å². The molecule has 6 N–H and O–H groups in total. The van der Waals surface area contributed by atoms with Gasteiger partial charge in [0.2, 0.25) is 17.7 Å². The number of nitrogens with one attached hydrogen (secondary N) is 3. The molecule has 0 rings (SSSR count). The Bertz CT molecular complexity index is 627. The minimum absolute atomic E-state index is 0.0752. The van der Waals surface area contributed by atoms with Crippen molar-refractivity contribution in [1.29, 1.82) is 0 Å². The molecule has 0 aliphatic rings. The second-order valence-electron chi connectivity index (χ2n) is 9.34. The minimum Gasteiger partial charge on any atom is -0.480 e. The van der Waals surface area contributed by atoms with Gasteiger partial charge >= 0.3 is 5.97 Å². The summed E-state index contributed by atoms with van der Waals surface area (Å²) in [7, 11) is 0. The number of carbonyl (C=O) groups is 4. The number of hydrogen-bond donors (Lipinski definition) is 5. The van der Waals surface area contributed by atoms with Crippen molar-refractivity contribution in [3.8, 4) is 0 Å². The first-order valence-electron chi connectivity index (χ1n) is 11.2. The smallest absolute Gasteiger partial charge is 0.326 e. The zero-order chi connectivity index (χ0) is 25.0. The molecule has 4 unspecified atom stereocenters. The molecule has 0 saturated heterocycles. The van der Waals surface area contributed by atoms with Gasteiger partial charge < -0.3 is 26.8 Å². The van der Waals surface area contributed by atoms with Crippen LogP contribution in [0.4, 0.5) is 0 Å². The van der Waals surface area contributed by atoms with E-state index >= 15 is 0 Å². The van der Waals surface area contributed by atoms with Crippen LogP contribution in [0.2, 0.25) is 0 Å². The van der Waals surface area contributed by atoms with Crippen LogP contribution in [0.1, 0.15) is 60.8 Å². The van der Waals surface area contributed by atoms with Crippen LogP contribution in [-0.2, 0) is 19.2 Å². The summed E-state index contributed by atoms with van der Waals surface area (Å²) in [5.74, 6) is -1.91. The monoisotopic (exact) mass is 474 g/mol. The first-order valence-corrected chi connectivity index (χ1v) is 12.6. The number of carboxylic acids is 1. The highest BCUT2D eigenvalue weighted by molar-refractivity contribution is 7.98. The maximum Gasteiger partial charge on any atom is 0.326 e. The lowest BCUT2D eigenvalue weighted by molar-refractivity contribution is -0.142. The van der Waals surface area contributed by atoms with E-state index in [0.29, 0.717) is 18.6 Å². The van der Waals surface area contributed by atoms with Crippen molar-refractivity contribution in [3.05, 3.63) is 0 Å². The van der Waals surface area contributed by atoms with Crippen LogP contribution in [0.25, 0.3) is 0 Å². The Morgan fingerprint density at radius 2 is 1.34 bits per heavy atom. The van der Waals surface area contributed by atoms with E-state index in [-0.39, 0.29) is 24.2 Å². The van der Waals surface area contributed by atoms with Crippen LogP contribution in [-0.4, -0.2) is 65.0 Å². The number of rotatable bonds is 15. The summed E-state index contributed by atoms with van der Waals surface area (Å²) in [6.07, 6.45) is 2.98. The molecule has 0 aliphatic carbocycles. The molecule has 186 valence electrons. The molecule has 0 aromatic carbocycles. The van der Waals surface area contributed by atoms with Gasteiger partial charge in [-0.15, -0.1) is 0 Å². The summed E-state index contributed by atoms with van der Waals surface area (Å²) in [5, 5.41) is 17.4. The lowest BCUT2D eigenvalue weighted by Crippen LogP contribution is -2.58. The van der Waals surface area contributed by atoms with Crippen LogP contribution in [0.5, 0.6) is 0 Å². The van der Waals surface area contributed by atoms with Gasteiger partial charge in [-0.25, -0.2) is 4.79 Å². The maximum absolute atomic E-state index is 13.0. The standard InChI is InChI=1S/C22H42N4O5S/c1-12(2)10-15(23)19(27)26-18(14(5)6)21(29)24-16(8-9-32-7)20(28)25-17(22(30)31)11-13(3)4/h12-18H,8-11,23H2,1-7H3,(H,24,29)(H,25,28)(H,26,27)(H,30,31). The van der Waals surface area contributed by atoms with E-state index in [1.54, 1.807) is 13.8 Å². The molecule has 0 radical (unpaired) electrons. The van der Waals surface area contributed by atoms with E-state index in [4.69, 9.17) is 5.73 Å². The average molecular weight is 475 g/mol. The third-order valence-corrected chi connectivity index (χ3v) is 5.52. The Balaban J connectivity index is 5.37. The summed E-state index contributed by atoms with van der Waals surface area (Å²) in [4.78, 5) is 49.8. The second kappa shape index (κ2) is 15.1. The molecule has 0 fully saturated rings. The summed E-state index contributed by atoms with van der Waals surface area (Å²) in [6.45, 7) is 11.2. The zero-order valence-electron chi connectivity index (χ0n) is 20.4. The Labute approximate surface area is 196 Å². The number of amides is 3. The van der Waals surface area contributed by atoms with Gasteiger partial charge in [0.15, 0.2) is 0 Å². The molecule has 9 nitrogen and oxygen atoms in total. The second-order valence-corrected chi connectivity index (χ2v) is 10.3. The highest BCUT2D eigenvalue weighted by Crippen LogP contribution is 2.10. The van der Waals surface area contributed by atoms with Gasteiger partial charge in [0.1, 0.15) is 18.1 Å². The number of hydrogen-bond acceptors (Lipinski definition) is 6. The van der Waals surface area contributed by atoms with Gasteiger partial charge in [0.25, 0.3) is 0 Å². The lowest BCUT2D eigenvalue weighted by atomic mass is 10.00. The summed E-state index contributed by atoms with van der Waals surface area (Å²) >= 11 is 1.51. The molecule has 4 atom stereocenters. The molecule has 10 heteroatoms. The van der Waals surface area contributed by atoms with E-state index in [0.717, 1.165) is 0 Å². The molecule has 0 aromatic rings. The van der Waals surface area contributed by atoms with Crippen molar-refractivity contribution in [2.45, 2.75) is 85.0 Å². The molecular weight excluding hydrogens is 432 g/mol. The fourth-order valence-electron chi connectivity index (χ4n) is 3.14. The van der Waals surface area contributed by atoms with Gasteiger partial charge in [-0.3, -0.25) is 14.4 Å². The Hall–Kier alpha value is -1.81. The van der Waals surface area contributed by atoms with Crippen LogP contribution in [0.15, 0.2) is 0 Å². The summed E-state index contributed by atoms with van der Waals surface area (Å²) < 4.78 is 0. The number of nitrogens with two attached hydrogens (primary N) is 1. The first kappa shape index (κ1) is 30.2.